The van der Waals surface area contributed by atoms with Gasteiger partial charge in [0.25, 0.3) is 11.8 Å². The lowest BCUT2D eigenvalue weighted by atomic mass is 10.1. The molecule has 0 aromatic heterocycles. The maximum Gasteiger partial charge on any atom is 0.264 e. The third-order valence-corrected chi connectivity index (χ3v) is 4.20. The van der Waals surface area contributed by atoms with Gasteiger partial charge < -0.3 is 11.1 Å². The van der Waals surface area contributed by atoms with Crippen LogP contribution in [0.3, 0.4) is 0 Å². The van der Waals surface area contributed by atoms with E-state index in [0.717, 1.165) is 10.5 Å². The van der Waals surface area contributed by atoms with E-state index in [-0.39, 0.29) is 16.8 Å². The van der Waals surface area contributed by atoms with Gasteiger partial charge in [0.1, 0.15) is 6.54 Å². The number of carbonyl (C=O) groups is 3. The standard InChI is InChI=1S/C17H14ClN3O3/c1-9-5-6-10(7-12(9)18)20-14(22)8-21-16(23)11-3-2-4-13(19)15(11)17(21)24/h2-7H,8,19H2,1H3,(H,20,22). The highest BCUT2D eigenvalue weighted by molar-refractivity contribution is 6.31. The summed E-state index contributed by atoms with van der Waals surface area (Å²) in [5.41, 5.74) is 7.71. The SMILES string of the molecule is Cc1ccc(NC(=O)CN2C(=O)c3cccc(N)c3C2=O)cc1Cl. The van der Waals surface area contributed by atoms with Crippen molar-refractivity contribution in [1.29, 1.82) is 0 Å². The molecule has 122 valence electrons. The number of nitrogens with two attached hydrogens (primary N) is 1. The molecule has 0 radical (unpaired) electrons. The first-order valence-corrected chi connectivity index (χ1v) is 7.57. The lowest BCUT2D eigenvalue weighted by molar-refractivity contribution is -0.116. The van der Waals surface area contributed by atoms with E-state index in [0.29, 0.717) is 10.7 Å². The Morgan fingerprint density at radius 3 is 2.62 bits per heavy atom. The van der Waals surface area contributed by atoms with Crippen LogP contribution in [0.5, 0.6) is 0 Å². The van der Waals surface area contributed by atoms with E-state index in [1.807, 2.05) is 6.92 Å². The van der Waals surface area contributed by atoms with Crippen LogP contribution < -0.4 is 11.1 Å². The summed E-state index contributed by atoms with van der Waals surface area (Å²) in [5.74, 6) is -1.59. The van der Waals surface area contributed by atoms with E-state index in [9.17, 15) is 14.4 Å². The highest BCUT2D eigenvalue weighted by Crippen LogP contribution is 2.27. The number of aryl methyl sites for hydroxylation is 1. The molecule has 6 nitrogen and oxygen atoms in total. The van der Waals surface area contributed by atoms with Gasteiger partial charge in [0, 0.05) is 16.4 Å². The van der Waals surface area contributed by atoms with Crippen LogP contribution in [-0.2, 0) is 4.79 Å². The number of fused-ring (bicyclic) bond motifs is 1. The molecule has 0 fully saturated rings. The summed E-state index contributed by atoms with van der Waals surface area (Å²) in [6.45, 7) is 1.45. The predicted octanol–water partition coefficient (Wildman–Crippen LogP) is 2.47. The van der Waals surface area contributed by atoms with Crippen molar-refractivity contribution in [3.8, 4) is 0 Å². The minimum atomic E-state index is -0.565. The van der Waals surface area contributed by atoms with E-state index in [1.165, 1.54) is 6.07 Å². The smallest absolute Gasteiger partial charge is 0.264 e. The number of amides is 3. The van der Waals surface area contributed by atoms with Gasteiger partial charge >= 0.3 is 0 Å². The zero-order valence-electron chi connectivity index (χ0n) is 12.8. The molecule has 1 aliphatic rings. The van der Waals surface area contributed by atoms with E-state index >= 15 is 0 Å². The zero-order chi connectivity index (χ0) is 17.4. The number of nitrogen functional groups attached to an aromatic ring is 1. The number of anilines is 2. The Morgan fingerprint density at radius 2 is 1.96 bits per heavy atom. The third-order valence-electron chi connectivity index (χ3n) is 3.79. The first-order valence-electron chi connectivity index (χ1n) is 7.19. The summed E-state index contributed by atoms with van der Waals surface area (Å²) < 4.78 is 0. The Balaban J connectivity index is 1.76. The first-order chi connectivity index (χ1) is 11.4. The fraction of sp³-hybridized carbons (Fsp3) is 0.118. The van der Waals surface area contributed by atoms with Gasteiger partial charge in [-0.15, -0.1) is 0 Å². The number of nitrogens with one attached hydrogen (secondary N) is 1. The van der Waals surface area contributed by atoms with Gasteiger partial charge in [-0.3, -0.25) is 19.3 Å². The predicted molar refractivity (Wildman–Crippen MR) is 91.0 cm³/mol. The molecule has 0 spiro atoms. The number of rotatable bonds is 3. The van der Waals surface area contributed by atoms with E-state index in [2.05, 4.69) is 5.32 Å². The average Bonchev–Trinajstić information content (AvgIpc) is 2.77. The molecule has 0 saturated heterocycles. The molecular formula is C17H14ClN3O3. The van der Waals surface area contributed by atoms with Gasteiger partial charge in [-0.25, -0.2) is 0 Å². The average molecular weight is 344 g/mol. The van der Waals surface area contributed by atoms with Crippen LogP contribution in [0.4, 0.5) is 11.4 Å². The molecule has 2 aromatic rings. The Hall–Kier alpha value is -2.86. The molecule has 0 unspecified atom stereocenters. The van der Waals surface area contributed by atoms with E-state index < -0.39 is 24.3 Å². The Morgan fingerprint density at radius 1 is 1.21 bits per heavy atom. The summed E-state index contributed by atoms with van der Waals surface area (Å²) in [5, 5.41) is 3.13. The van der Waals surface area contributed by atoms with Gasteiger partial charge in [0.2, 0.25) is 5.91 Å². The van der Waals surface area contributed by atoms with Crippen LogP contribution in [0, 0.1) is 6.92 Å². The quantitative estimate of drug-likeness (QED) is 0.661. The van der Waals surface area contributed by atoms with Gasteiger partial charge in [0.15, 0.2) is 0 Å². The van der Waals surface area contributed by atoms with E-state index in [4.69, 9.17) is 17.3 Å². The number of imide groups is 1. The lowest BCUT2D eigenvalue weighted by Gasteiger charge is -2.14. The van der Waals surface area contributed by atoms with Crippen LogP contribution in [0.25, 0.3) is 0 Å². The van der Waals surface area contributed by atoms with Crippen LogP contribution >= 0.6 is 11.6 Å². The minimum Gasteiger partial charge on any atom is -0.398 e. The number of halogens is 1. The van der Waals surface area contributed by atoms with Crippen LogP contribution in [0.1, 0.15) is 26.3 Å². The first kappa shape index (κ1) is 16.0. The molecule has 1 heterocycles. The van der Waals surface area contributed by atoms with Crippen molar-refractivity contribution in [1.82, 2.24) is 4.90 Å². The second-order valence-electron chi connectivity index (χ2n) is 5.48. The summed E-state index contributed by atoms with van der Waals surface area (Å²) >= 11 is 6.01. The summed E-state index contributed by atoms with van der Waals surface area (Å²) in [4.78, 5) is 37.7. The highest BCUT2D eigenvalue weighted by atomic mass is 35.5. The van der Waals surface area contributed by atoms with Gasteiger partial charge in [-0.2, -0.15) is 0 Å². The third kappa shape index (κ3) is 2.72. The van der Waals surface area contributed by atoms with Crippen molar-refractivity contribution in [3.63, 3.8) is 0 Å². The molecule has 1 aliphatic heterocycles. The fourth-order valence-electron chi connectivity index (χ4n) is 2.52. The topological polar surface area (TPSA) is 92.5 Å². The van der Waals surface area contributed by atoms with Crippen molar-refractivity contribution in [2.45, 2.75) is 6.92 Å². The molecule has 3 rings (SSSR count). The van der Waals surface area contributed by atoms with Crippen LogP contribution in [-0.4, -0.2) is 29.2 Å². The fourth-order valence-corrected chi connectivity index (χ4v) is 2.70. The Labute approximate surface area is 143 Å². The van der Waals surface area contributed by atoms with Crippen molar-refractivity contribution < 1.29 is 14.4 Å². The van der Waals surface area contributed by atoms with Crippen LogP contribution in [0.15, 0.2) is 36.4 Å². The number of benzene rings is 2. The summed E-state index contributed by atoms with van der Waals surface area (Å²) in [6.07, 6.45) is 0. The molecule has 3 amide bonds. The van der Waals surface area contributed by atoms with Crippen LogP contribution in [0.2, 0.25) is 5.02 Å². The molecule has 3 N–H and O–H groups in total. The number of hydrogen-bond donors (Lipinski definition) is 2. The largest absolute Gasteiger partial charge is 0.398 e. The molecule has 24 heavy (non-hydrogen) atoms. The summed E-state index contributed by atoms with van der Waals surface area (Å²) in [7, 11) is 0. The van der Waals surface area contributed by atoms with Crippen molar-refractivity contribution in [3.05, 3.63) is 58.1 Å². The molecule has 0 aliphatic carbocycles. The van der Waals surface area contributed by atoms with Crippen molar-refractivity contribution in [2.24, 2.45) is 0 Å². The monoisotopic (exact) mass is 343 g/mol. The Bertz CT molecular complexity index is 879. The van der Waals surface area contributed by atoms with Gasteiger partial charge in [0.05, 0.1) is 11.1 Å². The maximum absolute atomic E-state index is 12.3. The van der Waals surface area contributed by atoms with E-state index in [1.54, 1.807) is 30.3 Å². The van der Waals surface area contributed by atoms with Gasteiger partial charge in [-0.05, 0) is 36.8 Å². The molecule has 2 aromatic carbocycles. The second kappa shape index (κ2) is 5.98. The molecular weight excluding hydrogens is 330 g/mol. The molecule has 7 heteroatoms. The molecule has 0 atom stereocenters. The molecule has 0 saturated carbocycles. The summed E-state index contributed by atoms with van der Waals surface area (Å²) in [6, 6.07) is 9.72. The zero-order valence-corrected chi connectivity index (χ0v) is 13.6. The maximum atomic E-state index is 12.3. The minimum absolute atomic E-state index is 0.147. The normalized spacial score (nSPS) is 13.2. The van der Waals surface area contributed by atoms with Crippen molar-refractivity contribution in [2.75, 3.05) is 17.6 Å². The van der Waals surface area contributed by atoms with Crippen molar-refractivity contribution >= 4 is 40.7 Å². The lowest BCUT2D eigenvalue weighted by Crippen LogP contribution is -2.37. The Kier molecular flexibility index (Phi) is 3.99. The number of hydrogen-bond acceptors (Lipinski definition) is 4. The second-order valence-corrected chi connectivity index (χ2v) is 5.89. The highest BCUT2D eigenvalue weighted by Gasteiger charge is 2.37. The number of carbonyl (C=O) groups excluding carboxylic acids is 3. The van der Waals surface area contributed by atoms with Gasteiger partial charge in [-0.1, -0.05) is 23.7 Å². The number of nitrogens with zero attached hydrogens (tertiary/aromatic N) is 1. The molecule has 0 bridgehead atoms.